The van der Waals surface area contributed by atoms with Gasteiger partial charge in [-0.05, 0) is 36.4 Å². The molecular weight excluding hydrogens is 306 g/mol. The average Bonchev–Trinajstić information content (AvgIpc) is 3.15. The van der Waals surface area contributed by atoms with E-state index in [1.165, 1.54) is 0 Å². The molecule has 4 rings (SSSR count). The lowest BCUT2D eigenvalue weighted by Gasteiger charge is -2.07. The molecule has 0 amide bonds. The van der Waals surface area contributed by atoms with Crippen LogP contribution in [0.2, 0.25) is 0 Å². The Labute approximate surface area is 146 Å². The maximum Gasteiger partial charge on any atom is 0.145 e. The lowest BCUT2D eigenvalue weighted by Crippen LogP contribution is -1.95. The van der Waals surface area contributed by atoms with Crippen molar-refractivity contribution in [3.05, 3.63) is 96.7 Å². The Kier molecular flexibility index (Phi) is 3.86. The van der Waals surface area contributed by atoms with E-state index >= 15 is 0 Å². The molecule has 0 unspecified atom stereocenters. The molecule has 3 aromatic carbocycles. The fraction of sp³-hybridized carbons (Fsp3) is 0. The summed E-state index contributed by atoms with van der Waals surface area (Å²) in [5.74, 6) is 0.856. The second-order valence-corrected chi connectivity index (χ2v) is 5.71. The van der Waals surface area contributed by atoms with Gasteiger partial charge < -0.3 is 0 Å². The molecule has 4 aromatic rings. The van der Waals surface area contributed by atoms with E-state index in [-0.39, 0.29) is 0 Å². The highest BCUT2D eigenvalue weighted by atomic mass is 15.1. The number of benzene rings is 3. The minimum atomic E-state index is 0.643. The van der Waals surface area contributed by atoms with Crippen molar-refractivity contribution in [1.29, 1.82) is 5.26 Å². The van der Waals surface area contributed by atoms with Crippen molar-refractivity contribution >= 4 is 0 Å². The van der Waals surface area contributed by atoms with E-state index in [4.69, 9.17) is 10.2 Å². The molecule has 3 heteroatoms. The summed E-state index contributed by atoms with van der Waals surface area (Å²) in [4.78, 5) is 4.86. The van der Waals surface area contributed by atoms with Gasteiger partial charge in [0, 0.05) is 23.0 Å². The Morgan fingerprint density at radius 3 is 2.00 bits per heavy atom. The summed E-state index contributed by atoms with van der Waals surface area (Å²) >= 11 is 0. The van der Waals surface area contributed by atoms with E-state index in [1.807, 2.05) is 60.7 Å². The number of nitriles is 1. The molecule has 0 aliphatic carbocycles. The third-order valence-corrected chi connectivity index (χ3v) is 4.08. The minimum absolute atomic E-state index is 0.643. The lowest BCUT2D eigenvalue weighted by atomic mass is 10.1. The molecule has 0 atom stereocenters. The molecular formula is C22H15N3. The van der Waals surface area contributed by atoms with Gasteiger partial charge in [-0.3, -0.25) is 4.57 Å². The molecule has 0 bridgehead atoms. The molecule has 25 heavy (non-hydrogen) atoms. The summed E-state index contributed by atoms with van der Waals surface area (Å²) in [6.07, 6.45) is 2.05. The first kappa shape index (κ1) is 14.9. The monoisotopic (exact) mass is 321 g/mol. The Morgan fingerprint density at radius 1 is 0.720 bits per heavy atom. The predicted octanol–water partition coefficient (Wildman–Crippen LogP) is 5.08. The van der Waals surface area contributed by atoms with Crippen molar-refractivity contribution in [3.63, 3.8) is 0 Å². The van der Waals surface area contributed by atoms with Gasteiger partial charge in [-0.15, -0.1) is 0 Å². The summed E-state index contributed by atoms with van der Waals surface area (Å²) in [5.41, 5.74) is 4.67. The van der Waals surface area contributed by atoms with E-state index in [2.05, 4.69) is 41.1 Å². The van der Waals surface area contributed by atoms with Crippen LogP contribution in [0.5, 0.6) is 0 Å². The van der Waals surface area contributed by atoms with E-state index in [1.54, 1.807) is 0 Å². The lowest BCUT2D eigenvalue weighted by molar-refractivity contribution is 1.07. The van der Waals surface area contributed by atoms with Crippen molar-refractivity contribution in [1.82, 2.24) is 9.55 Å². The van der Waals surface area contributed by atoms with Gasteiger partial charge in [-0.2, -0.15) is 5.26 Å². The normalized spacial score (nSPS) is 10.4. The van der Waals surface area contributed by atoms with Gasteiger partial charge in [0.15, 0.2) is 0 Å². The molecule has 1 aromatic heterocycles. The highest BCUT2D eigenvalue weighted by molar-refractivity contribution is 5.67. The summed E-state index contributed by atoms with van der Waals surface area (Å²) in [7, 11) is 0. The van der Waals surface area contributed by atoms with Crippen LogP contribution >= 0.6 is 0 Å². The Hall–Kier alpha value is -3.64. The maximum absolute atomic E-state index is 9.01. The van der Waals surface area contributed by atoms with Gasteiger partial charge in [0.25, 0.3) is 0 Å². The molecule has 0 spiro atoms. The molecule has 0 radical (unpaired) electrons. The summed E-state index contributed by atoms with van der Waals surface area (Å²) < 4.78 is 2.09. The first-order valence-electron chi connectivity index (χ1n) is 8.06. The van der Waals surface area contributed by atoms with Gasteiger partial charge in [0.1, 0.15) is 5.82 Å². The molecule has 3 nitrogen and oxygen atoms in total. The first-order valence-corrected chi connectivity index (χ1v) is 8.06. The Balaban J connectivity index is 1.89. The first-order chi connectivity index (χ1) is 12.3. The van der Waals surface area contributed by atoms with Crippen LogP contribution in [0.3, 0.4) is 0 Å². The van der Waals surface area contributed by atoms with Crippen LogP contribution in [0.4, 0.5) is 0 Å². The van der Waals surface area contributed by atoms with Gasteiger partial charge in [-0.1, -0.05) is 48.5 Å². The van der Waals surface area contributed by atoms with Crippen LogP contribution in [0.25, 0.3) is 28.3 Å². The third-order valence-electron chi connectivity index (χ3n) is 4.08. The van der Waals surface area contributed by atoms with Crippen LogP contribution < -0.4 is 0 Å². The van der Waals surface area contributed by atoms with E-state index in [9.17, 15) is 0 Å². The highest BCUT2D eigenvalue weighted by Gasteiger charge is 2.13. The smallest absolute Gasteiger partial charge is 0.145 e. The predicted molar refractivity (Wildman–Crippen MR) is 99.2 cm³/mol. The molecule has 0 fully saturated rings. The topological polar surface area (TPSA) is 41.6 Å². The zero-order chi connectivity index (χ0) is 17.1. The van der Waals surface area contributed by atoms with Crippen LogP contribution in [-0.2, 0) is 0 Å². The summed E-state index contributed by atoms with van der Waals surface area (Å²) in [5, 5.41) is 9.01. The zero-order valence-electron chi connectivity index (χ0n) is 13.5. The second-order valence-electron chi connectivity index (χ2n) is 5.71. The van der Waals surface area contributed by atoms with Gasteiger partial charge in [0.2, 0.25) is 0 Å². The molecule has 0 aliphatic heterocycles. The van der Waals surface area contributed by atoms with Crippen molar-refractivity contribution in [2.24, 2.45) is 0 Å². The average molecular weight is 321 g/mol. The number of imidazole rings is 1. The van der Waals surface area contributed by atoms with Crippen molar-refractivity contribution in [2.45, 2.75) is 0 Å². The second kappa shape index (κ2) is 6.46. The van der Waals surface area contributed by atoms with Crippen LogP contribution in [0.1, 0.15) is 5.56 Å². The van der Waals surface area contributed by atoms with Crippen LogP contribution in [0, 0.1) is 11.3 Å². The standard InChI is InChI=1S/C22H15N3/c23-15-17-11-13-19(14-12-17)22-24-21(18-7-3-1-4-8-18)16-25(22)20-9-5-2-6-10-20/h1-14,16H. The van der Waals surface area contributed by atoms with Gasteiger partial charge >= 0.3 is 0 Å². The molecule has 0 aliphatic rings. The van der Waals surface area contributed by atoms with Crippen LogP contribution in [0.15, 0.2) is 91.1 Å². The number of rotatable bonds is 3. The van der Waals surface area contributed by atoms with E-state index in [0.717, 1.165) is 28.3 Å². The maximum atomic E-state index is 9.01. The third kappa shape index (κ3) is 2.93. The van der Waals surface area contributed by atoms with Crippen LogP contribution in [-0.4, -0.2) is 9.55 Å². The van der Waals surface area contributed by atoms with Gasteiger partial charge in [-0.25, -0.2) is 4.98 Å². The minimum Gasteiger partial charge on any atom is -0.299 e. The molecule has 0 N–H and O–H groups in total. The highest BCUT2D eigenvalue weighted by Crippen LogP contribution is 2.27. The number of aromatic nitrogens is 2. The zero-order valence-corrected chi connectivity index (χ0v) is 13.5. The summed E-state index contributed by atoms with van der Waals surface area (Å²) in [6.45, 7) is 0. The molecule has 0 saturated carbocycles. The molecule has 0 saturated heterocycles. The number of hydrogen-bond donors (Lipinski definition) is 0. The number of hydrogen-bond acceptors (Lipinski definition) is 2. The fourth-order valence-corrected chi connectivity index (χ4v) is 2.81. The number of para-hydroxylation sites is 1. The Morgan fingerprint density at radius 2 is 1.36 bits per heavy atom. The van der Waals surface area contributed by atoms with Crippen molar-refractivity contribution in [2.75, 3.05) is 0 Å². The van der Waals surface area contributed by atoms with E-state index < -0.39 is 0 Å². The molecule has 118 valence electrons. The summed E-state index contributed by atoms with van der Waals surface area (Å²) in [6, 6.07) is 30.0. The SMILES string of the molecule is N#Cc1ccc(-c2nc(-c3ccccc3)cn2-c2ccccc2)cc1. The van der Waals surface area contributed by atoms with Crippen molar-refractivity contribution < 1.29 is 0 Å². The van der Waals surface area contributed by atoms with Gasteiger partial charge in [0.05, 0.1) is 17.3 Å². The quantitative estimate of drug-likeness (QED) is 0.528. The molecule has 1 heterocycles. The number of nitrogens with zero attached hydrogens (tertiary/aromatic N) is 3. The fourth-order valence-electron chi connectivity index (χ4n) is 2.81. The Bertz CT molecular complexity index is 1020. The van der Waals surface area contributed by atoms with Crippen molar-refractivity contribution in [3.8, 4) is 34.4 Å². The van der Waals surface area contributed by atoms with E-state index in [0.29, 0.717) is 5.56 Å². The largest absolute Gasteiger partial charge is 0.299 e.